The first-order valence-electron chi connectivity index (χ1n) is 5.38. The molecule has 0 aliphatic rings. The molecule has 0 aliphatic heterocycles. The third-order valence-electron chi connectivity index (χ3n) is 2.56. The van der Waals surface area contributed by atoms with E-state index < -0.39 is 10.3 Å². The second-order valence-corrected chi connectivity index (χ2v) is 5.12. The van der Waals surface area contributed by atoms with Crippen LogP contribution < -0.4 is 15.8 Å². The summed E-state index contributed by atoms with van der Waals surface area (Å²) < 4.78 is 33.3. The van der Waals surface area contributed by atoms with Crippen LogP contribution in [0.25, 0.3) is 0 Å². The topological polar surface area (TPSA) is 110 Å². The lowest BCUT2D eigenvalue weighted by atomic mass is 10.2. The lowest BCUT2D eigenvalue weighted by Crippen LogP contribution is -2.26. The minimum absolute atomic E-state index is 0.0870. The summed E-state index contributed by atoms with van der Waals surface area (Å²) in [5.41, 5.74) is 12.1. The van der Waals surface area contributed by atoms with E-state index in [1.165, 1.54) is 18.2 Å². The Morgan fingerprint density at radius 2 is 1.58 bits per heavy atom. The van der Waals surface area contributed by atoms with Gasteiger partial charge in [-0.2, -0.15) is 8.42 Å². The summed E-state index contributed by atoms with van der Waals surface area (Å²) in [5, 5.41) is 0. The van der Waals surface area contributed by atoms with Crippen molar-refractivity contribution >= 4 is 33.1 Å². The highest BCUT2D eigenvalue weighted by Gasteiger charge is 2.24. The van der Waals surface area contributed by atoms with Crippen molar-refractivity contribution in [2.75, 3.05) is 15.8 Å². The quantitative estimate of drug-likeness (QED) is 0.586. The van der Waals surface area contributed by atoms with Crippen LogP contribution in [0, 0.1) is 0 Å². The zero-order valence-corrected chi connectivity index (χ0v) is 10.7. The molecule has 5 N–H and O–H groups in total. The second kappa shape index (κ2) is 4.79. The molecule has 0 saturated carbocycles. The number of hydrogen-bond donors (Lipinski definition) is 3. The van der Waals surface area contributed by atoms with E-state index in [2.05, 4.69) is 0 Å². The molecule has 0 unspecified atom stereocenters. The summed E-state index contributed by atoms with van der Waals surface area (Å²) in [4.78, 5) is 0. The molecule has 0 amide bonds. The number of para-hydroxylation sites is 2. The Kier molecular flexibility index (Phi) is 3.32. The number of nitrogens with zero attached hydrogens (tertiary/aromatic N) is 1. The molecule has 0 spiro atoms. The highest BCUT2D eigenvalue weighted by Crippen LogP contribution is 2.35. The van der Waals surface area contributed by atoms with Gasteiger partial charge in [0.1, 0.15) is 0 Å². The molecule has 2 aromatic rings. The third-order valence-corrected chi connectivity index (χ3v) is 3.43. The maximum Gasteiger partial charge on any atom is 0.364 e. The van der Waals surface area contributed by atoms with Gasteiger partial charge in [0, 0.05) is 0 Å². The third kappa shape index (κ3) is 2.61. The Labute approximate surface area is 111 Å². The largest absolute Gasteiger partial charge is 0.397 e. The molecule has 100 valence electrons. The molecule has 2 aromatic carbocycles. The summed E-state index contributed by atoms with van der Waals surface area (Å²) >= 11 is 0. The Balaban J connectivity index is 2.67. The van der Waals surface area contributed by atoms with Gasteiger partial charge in [0.2, 0.25) is 0 Å². The number of benzene rings is 2. The van der Waals surface area contributed by atoms with Crippen molar-refractivity contribution in [1.29, 1.82) is 0 Å². The van der Waals surface area contributed by atoms with Gasteiger partial charge in [-0.3, -0.25) is 4.55 Å². The van der Waals surface area contributed by atoms with Gasteiger partial charge in [-0.15, -0.1) is 0 Å². The smallest absolute Gasteiger partial charge is 0.364 e. The molecule has 6 nitrogen and oxygen atoms in total. The van der Waals surface area contributed by atoms with E-state index in [9.17, 15) is 13.0 Å². The Morgan fingerprint density at radius 1 is 0.947 bits per heavy atom. The fourth-order valence-corrected chi connectivity index (χ4v) is 2.50. The van der Waals surface area contributed by atoms with Crippen molar-refractivity contribution in [3.05, 3.63) is 48.5 Å². The van der Waals surface area contributed by atoms with Gasteiger partial charge in [0.05, 0.1) is 22.7 Å². The number of nitrogen functional groups attached to an aromatic ring is 2. The van der Waals surface area contributed by atoms with Gasteiger partial charge in [0.15, 0.2) is 0 Å². The van der Waals surface area contributed by atoms with Crippen LogP contribution in [-0.2, 0) is 10.3 Å². The summed E-state index contributed by atoms with van der Waals surface area (Å²) in [6.07, 6.45) is 0. The zero-order valence-electron chi connectivity index (χ0n) is 9.89. The lowest BCUT2D eigenvalue weighted by molar-refractivity contribution is 0.483. The van der Waals surface area contributed by atoms with Crippen molar-refractivity contribution in [2.45, 2.75) is 0 Å². The maximum atomic E-state index is 11.6. The summed E-state index contributed by atoms with van der Waals surface area (Å²) in [6.45, 7) is 0. The molecule has 0 heterocycles. The molecule has 0 aromatic heterocycles. The predicted octanol–water partition coefficient (Wildman–Crippen LogP) is 1.79. The Bertz CT molecular complexity index is 687. The molecule has 0 atom stereocenters. The minimum Gasteiger partial charge on any atom is -0.397 e. The molecule has 0 radical (unpaired) electrons. The van der Waals surface area contributed by atoms with E-state index in [0.29, 0.717) is 0 Å². The molecule has 0 fully saturated rings. The fraction of sp³-hybridized carbons (Fsp3) is 0. The average Bonchev–Trinajstić information content (AvgIpc) is 2.35. The van der Waals surface area contributed by atoms with Crippen molar-refractivity contribution < 1.29 is 13.0 Å². The van der Waals surface area contributed by atoms with E-state index in [-0.39, 0.29) is 22.7 Å². The fourth-order valence-electron chi connectivity index (χ4n) is 1.71. The van der Waals surface area contributed by atoms with Gasteiger partial charge >= 0.3 is 10.3 Å². The molecular formula is C12H13N3O3S. The van der Waals surface area contributed by atoms with Crippen molar-refractivity contribution in [3.63, 3.8) is 0 Å². The standard InChI is InChI=1S/C12H13N3O3S/c13-10-7-4-8-11(12(10)14)15(19(16,17)18)9-5-2-1-3-6-9/h1-8H,13-14H2,(H,16,17,18). The molecule has 2 rings (SSSR count). The Morgan fingerprint density at radius 3 is 2.16 bits per heavy atom. The van der Waals surface area contributed by atoms with E-state index in [0.717, 1.165) is 4.31 Å². The number of anilines is 4. The summed E-state index contributed by atoms with van der Waals surface area (Å²) in [6, 6.07) is 12.7. The van der Waals surface area contributed by atoms with E-state index in [4.69, 9.17) is 11.5 Å². The van der Waals surface area contributed by atoms with Gasteiger partial charge < -0.3 is 11.5 Å². The lowest BCUT2D eigenvalue weighted by Gasteiger charge is -2.22. The summed E-state index contributed by atoms with van der Waals surface area (Å²) in [7, 11) is -4.51. The van der Waals surface area contributed by atoms with Crippen LogP contribution in [0.5, 0.6) is 0 Å². The molecule has 0 aliphatic carbocycles. The SMILES string of the molecule is Nc1cccc(N(c2ccccc2)S(=O)(=O)O)c1N. The normalized spacial score (nSPS) is 11.2. The molecule has 0 saturated heterocycles. The molecule has 7 heteroatoms. The number of rotatable bonds is 3. The van der Waals surface area contributed by atoms with E-state index in [1.807, 2.05) is 0 Å². The zero-order chi connectivity index (χ0) is 14.0. The number of nitrogens with two attached hydrogens (primary N) is 2. The first-order valence-corrected chi connectivity index (χ1v) is 6.77. The van der Waals surface area contributed by atoms with Crippen LogP contribution in [-0.4, -0.2) is 13.0 Å². The van der Waals surface area contributed by atoms with Gasteiger partial charge in [-0.05, 0) is 24.3 Å². The van der Waals surface area contributed by atoms with Gasteiger partial charge in [0.25, 0.3) is 0 Å². The van der Waals surface area contributed by atoms with Crippen LogP contribution in [0.4, 0.5) is 22.7 Å². The van der Waals surface area contributed by atoms with Crippen molar-refractivity contribution in [2.24, 2.45) is 0 Å². The number of hydrogen-bond acceptors (Lipinski definition) is 4. The first kappa shape index (κ1) is 13.2. The van der Waals surface area contributed by atoms with E-state index >= 15 is 0 Å². The van der Waals surface area contributed by atoms with Gasteiger partial charge in [-0.25, -0.2) is 4.31 Å². The van der Waals surface area contributed by atoms with Crippen LogP contribution >= 0.6 is 0 Å². The first-order chi connectivity index (χ1) is 8.91. The Hall–Kier alpha value is -2.25. The highest BCUT2D eigenvalue weighted by molar-refractivity contribution is 7.87. The molecule has 0 bridgehead atoms. The van der Waals surface area contributed by atoms with Crippen LogP contribution in [0.3, 0.4) is 0 Å². The van der Waals surface area contributed by atoms with Crippen LogP contribution in [0.1, 0.15) is 0 Å². The maximum absolute atomic E-state index is 11.6. The monoisotopic (exact) mass is 279 g/mol. The minimum atomic E-state index is -4.51. The highest BCUT2D eigenvalue weighted by atomic mass is 32.2. The molecular weight excluding hydrogens is 266 g/mol. The van der Waals surface area contributed by atoms with Crippen molar-refractivity contribution in [1.82, 2.24) is 0 Å². The summed E-state index contributed by atoms with van der Waals surface area (Å²) in [5.74, 6) is 0. The van der Waals surface area contributed by atoms with Gasteiger partial charge in [-0.1, -0.05) is 24.3 Å². The average molecular weight is 279 g/mol. The van der Waals surface area contributed by atoms with Crippen LogP contribution in [0.15, 0.2) is 48.5 Å². The van der Waals surface area contributed by atoms with Crippen LogP contribution in [0.2, 0.25) is 0 Å². The van der Waals surface area contributed by atoms with E-state index in [1.54, 1.807) is 30.3 Å². The predicted molar refractivity (Wildman–Crippen MR) is 75.4 cm³/mol. The van der Waals surface area contributed by atoms with Crippen molar-refractivity contribution in [3.8, 4) is 0 Å². The second-order valence-electron chi connectivity index (χ2n) is 3.86. The molecule has 19 heavy (non-hydrogen) atoms.